The molecule has 0 spiro atoms. The van der Waals surface area contributed by atoms with Crippen LogP contribution in [0.25, 0.3) is 11.0 Å². The number of hydrogen-bond donors (Lipinski definition) is 2. The number of benzene rings is 2. The molecule has 0 aliphatic heterocycles. The van der Waals surface area contributed by atoms with Crippen LogP contribution in [-0.4, -0.2) is 27.4 Å². The fraction of sp³-hybridized carbons (Fsp3) is 0.136. The van der Waals surface area contributed by atoms with E-state index in [9.17, 15) is 4.79 Å². The Bertz CT molecular complexity index is 1080. The summed E-state index contributed by atoms with van der Waals surface area (Å²) in [5.41, 5.74) is 4.77. The Morgan fingerprint density at radius 3 is 2.55 bits per heavy atom. The number of imidazole rings is 1. The van der Waals surface area contributed by atoms with Crippen LogP contribution in [0, 0.1) is 0 Å². The average Bonchev–Trinajstić information content (AvgIpc) is 3.17. The molecule has 2 aromatic carbocycles. The van der Waals surface area contributed by atoms with Crippen LogP contribution in [0.4, 0.5) is 0 Å². The summed E-state index contributed by atoms with van der Waals surface area (Å²) in [4.78, 5) is 24.2. The Kier molecular flexibility index (Phi) is 6.12. The highest BCUT2D eigenvalue weighted by atomic mass is 35.5. The standard InChI is InChI=1S/C22H19ClN4OS/c23-18-7-3-15(4-8-18)9-12-25-21(28)17-5-1-16(2-6-17)14-29-22-26-19-10-11-24-13-20(19)27-22/h1-8,10-11,13H,9,12,14H2,(H,25,28)(H,26,27). The van der Waals surface area contributed by atoms with Crippen molar-refractivity contribution in [3.8, 4) is 0 Å². The summed E-state index contributed by atoms with van der Waals surface area (Å²) in [7, 11) is 0. The second-order valence-corrected chi connectivity index (χ2v) is 7.95. The lowest BCUT2D eigenvalue weighted by molar-refractivity contribution is 0.0954. The zero-order valence-electron chi connectivity index (χ0n) is 15.6. The number of H-pyrrole nitrogens is 1. The summed E-state index contributed by atoms with van der Waals surface area (Å²) in [5, 5.41) is 4.53. The highest BCUT2D eigenvalue weighted by Crippen LogP contribution is 2.22. The zero-order valence-corrected chi connectivity index (χ0v) is 17.1. The molecule has 29 heavy (non-hydrogen) atoms. The molecule has 0 atom stereocenters. The molecule has 0 fully saturated rings. The quantitative estimate of drug-likeness (QED) is 0.416. The first kappa shape index (κ1) is 19.5. The topological polar surface area (TPSA) is 70.7 Å². The first-order valence-electron chi connectivity index (χ1n) is 9.21. The third kappa shape index (κ3) is 5.16. The number of nitrogens with zero attached hydrogens (tertiary/aromatic N) is 2. The van der Waals surface area contributed by atoms with Crippen molar-refractivity contribution < 1.29 is 4.79 Å². The van der Waals surface area contributed by atoms with Crippen LogP contribution < -0.4 is 5.32 Å². The summed E-state index contributed by atoms with van der Waals surface area (Å²) < 4.78 is 0. The van der Waals surface area contributed by atoms with Crippen molar-refractivity contribution >= 4 is 40.3 Å². The fourth-order valence-corrected chi connectivity index (χ4v) is 3.85. The average molecular weight is 423 g/mol. The first-order chi connectivity index (χ1) is 14.2. The summed E-state index contributed by atoms with van der Waals surface area (Å²) >= 11 is 7.51. The molecule has 0 saturated carbocycles. The van der Waals surface area contributed by atoms with Gasteiger partial charge in [0, 0.05) is 29.1 Å². The van der Waals surface area contributed by atoms with Crippen LogP contribution >= 0.6 is 23.4 Å². The van der Waals surface area contributed by atoms with Crippen LogP contribution in [-0.2, 0) is 12.2 Å². The Morgan fingerprint density at radius 2 is 1.79 bits per heavy atom. The van der Waals surface area contributed by atoms with Crippen molar-refractivity contribution in [3.63, 3.8) is 0 Å². The molecule has 0 bridgehead atoms. The molecule has 2 heterocycles. The maximum absolute atomic E-state index is 12.3. The van der Waals surface area contributed by atoms with Gasteiger partial charge < -0.3 is 10.3 Å². The third-order valence-electron chi connectivity index (χ3n) is 4.47. The molecule has 5 nitrogen and oxygen atoms in total. The van der Waals surface area contributed by atoms with Gasteiger partial charge in [-0.15, -0.1) is 0 Å². The number of pyridine rings is 1. The smallest absolute Gasteiger partial charge is 0.251 e. The lowest BCUT2D eigenvalue weighted by Gasteiger charge is -2.07. The number of halogens is 1. The van der Waals surface area contributed by atoms with E-state index in [0.29, 0.717) is 17.1 Å². The Morgan fingerprint density at radius 1 is 1.03 bits per heavy atom. The first-order valence-corrected chi connectivity index (χ1v) is 10.6. The number of amides is 1. The molecule has 0 aliphatic carbocycles. The highest BCUT2D eigenvalue weighted by Gasteiger charge is 2.07. The van der Waals surface area contributed by atoms with Gasteiger partial charge in [0.1, 0.15) is 0 Å². The molecule has 4 rings (SSSR count). The lowest BCUT2D eigenvalue weighted by Crippen LogP contribution is -2.25. The molecule has 0 radical (unpaired) electrons. The number of carbonyl (C=O) groups excluding carboxylic acids is 1. The van der Waals surface area contributed by atoms with Crippen molar-refractivity contribution in [1.82, 2.24) is 20.3 Å². The van der Waals surface area contributed by atoms with Gasteiger partial charge in [0.15, 0.2) is 5.16 Å². The maximum atomic E-state index is 12.3. The van der Waals surface area contributed by atoms with Gasteiger partial charge >= 0.3 is 0 Å². The summed E-state index contributed by atoms with van der Waals surface area (Å²) in [5.74, 6) is 0.703. The van der Waals surface area contributed by atoms with Crippen molar-refractivity contribution in [2.75, 3.05) is 6.54 Å². The van der Waals surface area contributed by atoms with E-state index < -0.39 is 0 Å². The zero-order chi connectivity index (χ0) is 20.1. The number of hydrogen-bond acceptors (Lipinski definition) is 4. The molecule has 7 heteroatoms. The van der Waals surface area contributed by atoms with Gasteiger partial charge in [-0.3, -0.25) is 9.78 Å². The Balaban J connectivity index is 1.27. The number of carbonyl (C=O) groups is 1. The lowest BCUT2D eigenvalue weighted by atomic mass is 10.1. The SMILES string of the molecule is O=C(NCCc1ccc(Cl)cc1)c1ccc(CSc2nc3ccncc3[nH]2)cc1. The number of rotatable bonds is 7. The van der Waals surface area contributed by atoms with Crippen molar-refractivity contribution in [2.24, 2.45) is 0 Å². The third-order valence-corrected chi connectivity index (χ3v) is 5.66. The van der Waals surface area contributed by atoms with Crippen molar-refractivity contribution in [2.45, 2.75) is 17.3 Å². The molecular weight excluding hydrogens is 404 g/mol. The van der Waals surface area contributed by atoms with E-state index in [-0.39, 0.29) is 5.91 Å². The minimum atomic E-state index is -0.0667. The monoisotopic (exact) mass is 422 g/mol. The normalized spacial score (nSPS) is 10.9. The fourth-order valence-electron chi connectivity index (χ4n) is 2.88. The second-order valence-electron chi connectivity index (χ2n) is 6.55. The number of fused-ring (bicyclic) bond motifs is 1. The predicted molar refractivity (Wildman–Crippen MR) is 117 cm³/mol. The van der Waals surface area contributed by atoms with E-state index in [2.05, 4.69) is 20.3 Å². The van der Waals surface area contributed by atoms with Gasteiger partial charge in [0.05, 0.1) is 17.2 Å². The van der Waals surface area contributed by atoms with Gasteiger partial charge in [-0.25, -0.2) is 4.98 Å². The molecule has 0 unspecified atom stereocenters. The minimum absolute atomic E-state index is 0.0667. The van der Waals surface area contributed by atoms with E-state index in [1.165, 1.54) is 0 Å². The van der Waals surface area contributed by atoms with Gasteiger partial charge in [-0.1, -0.05) is 47.6 Å². The van der Waals surface area contributed by atoms with Gasteiger partial charge in [0.25, 0.3) is 5.91 Å². The summed E-state index contributed by atoms with van der Waals surface area (Å²) in [6.07, 6.45) is 4.27. The van der Waals surface area contributed by atoms with Gasteiger partial charge in [0.2, 0.25) is 0 Å². The summed E-state index contributed by atoms with van der Waals surface area (Å²) in [6, 6.07) is 17.2. The van der Waals surface area contributed by atoms with E-state index in [4.69, 9.17) is 11.6 Å². The highest BCUT2D eigenvalue weighted by molar-refractivity contribution is 7.98. The van der Waals surface area contributed by atoms with E-state index >= 15 is 0 Å². The Hall–Kier alpha value is -2.83. The summed E-state index contributed by atoms with van der Waals surface area (Å²) in [6.45, 7) is 0.582. The number of aromatic nitrogens is 3. The van der Waals surface area contributed by atoms with Crippen LogP contribution in [0.15, 0.2) is 72.1 Å². The predicted octanol–water partition coefficient (Wildman–Crippen LogP) is 4.88. The van der Waals surface area contributed by atoms with Crippen LogP contribution in [0.3, 0.4) is 0 Å². The molecule has 0 aliphatic rings. The van der Waals surface area contributed by atoms with Crippen LogP contribution in [0.5, 0.6) is 0 Å². The van der Waals surface area contributed by atoms with Gasteiger partial charge in [-0.05, 0) is 47.9 Å². The van der Waals surface area contributed by atoms with Crippen LogP contribution in [0.2, 0.25) is 5.02 Å². The molecule has 0 saturated heterocycles. The molecule has 2 aromatic heterocycles. The molecule has 146 valence electrons. The van der Waals surface area contributed by atoms with E-state index in [0.717, 1.165) is 39.5 Å². The van der Waals surface area contributed by atoms with E-state index in [1.54, 1.807) is 24.2 Å². The van der Waals surface area contributed by atoms with Gasteiger partial charge in [-0.2, -0.15) is 0 Å². The number of aromatic amines is 1. The van der Waals surface area contributed by atoms with Crippen molar-refractivity contribution in [3.05, 3.63) is 88.7 Å². The minimum Gasteiger partial charge on any atom is -0.352 e. The molecule has 4 aromatic rings. The maximum Gasteiger partial charge on any atom is 0.251 e. The molecule has 1 amide bonds. The number of nitrogens with one attached hydrogen (secondary N) is 2. The van der Waals surface area contributed by atoms with E-state index in [1.807, 2.05) is 54.6 Å². The largest absolute Gasteiger partial charge is 0.352 e. The van der Waals surface area contributed by atoms with Crippen molar-refractivity contribution in [1.29, 1.82) is 0 Å². The second kappa shape index (κ2) is 9.11. The van der Waals surface area contributed by atoms with Crippen LogP contribution in [0.1, 0.15) is 21.5 Å². The molecular formula is C22H19ClN4OS. The number of thioether (sulfide) groups is 1. The molecule has 2 N–H and O–H groups in total. The Labute approximate surface area is 177 Å².